The smallest absolute Gasteiger partial charge is 0.307 e. The van der Waals surface area contributed by atoms with Gasteiger partial charge in [0.2, 0.25) is 5.75 Å². The number of rotatable bonds is 3. The molecule has 5 nitrogen and oxygen atoms in total. The lowest BCUT2D eigenvalue weighted by Gasteiger charge is -2.08. The maximum atomic E-state index is 10.7. The standard InChI is InChI=1S/C11H12O5/c1-16-9-3-5(2-8(12)10(9)13)6-4-7(6)11(14)15/h2-3,6-7,12-13H,4H2,1H3,(H,14,15)/t6-,7+/m0/s1. The number of aliphatic carboxylic acids is 1. The first kappa shape index (κ1) is 10.6. The van der Waals surface area contributed by atoms with Crippen LogP contribution in [-0.4, -0.2) is 28.4 Å². The van der Waals surface area contributed by atoms with Crippen molar-refractivity contribution in [3.8, 4) is 17.2 Å². The monoisotopic (exact) mass is 224 g/mol. The van der Waals surface area contributed by atoms with Gasteiger partial charge in [0, 0.05) is 0 Å². The number of phenols is 2. The Morgan fingerprint density at radius 2 is 2.12 bits per heavy atom. The second-order valence-electron chi connectivity index (χ2n) is 3.88. The highest BCUT2D eigenvalue weighted by molar-refractivity contribution is 5.75. The van der Waals surface area contributed by atoms with Gasteiger partial charge in [-0.2, -0.15) is 0 Å². The molecule has 0 radical (unpaired) electrons. The molecule has 0 amide bonds. The van der Waals surface area contributed by atoms with Gasteiger partial charge in [0.05, 0.1) is 13.0 Å². The van der Waals surface area contributed by atoms with E-state index in [9.17, 15) is 15.0 Å². The Balaban J connectivity index is 2.30. The number of carboxylic acid groups (broad SMARTS) is 1. The van der Waals surface area contributed by atoms with Crippen LogP contribution in [0.5, 0.6) is 17.2 Å². The summed E-state index contributed by atoms with van der Waals surface area (Å²) in [4.78, 5) is 10.7. The van der Waals surface area contributed by atoms with E-state index < -0.39 is 11.9 Å². The molecule has 2 rings (SSSR count). The van der Waals surface area contributed by atoms with E-state index in [1.807, 2.05) is 0 Å². The number of ether oxygens (including phenoxy) is 1. The third-order valence-electron chi connectivity index (χ3n) is 2.83. The highest BCUT2D eigenvalue weighted by Gasteiger charge is 2.44. The molecular formula is C11H12O5. The Morgan fingerprint density at radius 1 is 1.44 bits per heavy atom. The van der Waals surface area contributed by atoms with Gasteiger partial charge in [-0.15, -0.1) is 0 Å². The van der Waals surface area contributed by atoms with Crippen LogP contribution >= 0.6 is 0 Å². The first-order valence-electron chi connectivity index (χ1n) is 4.87. The Morgan fingerprint density at radius 3 is 2.62 bits per heavy atom. The average molecular weight is 224 g/mol. The van der Waals surface area contributed by atoms with Crippen molar-refractivity contribution in [3.63, 3.8) is 0 Å². The summed E-state index contributed by atoms with van der Waals surface area (Å²) in [5.74, 6) is -1.78. The zero-order valence-electron chi connectivity index (χ0n) is 8.67. The Bertz CT molecular complexity index is 440. The van der Waals surface area contributed by atoms with Crippen molar-refractivity contribution < 1.29 is 24.9 Å². The summed E-state index contributed by atoms with van der Waals surface area (Å²) in [5.41, 5.74) is 0.680. The number of benzene rings is 1. The van der Waals surface area contributed by atoms with E-state index in [4.69, 9.17) is 9.84 Å². The Hall–Kier alpha value is -1.91. The van der Waals surface area contributed by atoms with Gasteiger partial charge in [-0.25, -0.2) is 0 Å². The molecule has 0 heterocycles. The number of hydrogen-bond donors (Lipinski definition) is 3. The highest BCUT2D eigenvalue weighted by atomic mass is 16.5. The zero-order chi connectivity index (χ0) is 11.9. The number of methoxy groups -OCH3 is 1. The van der Waals surface area contributed by atoms with Gasteiger partial charge >= 0.3 is 5.97 Å². The highest BCUT2D eigenvalue weighted by Crippen LogP contribution is 2.50. The minimum absolute atomic E-state index is 0.0992. The fourth-order valence-electron chi connectivity index (χ4n) is 1.82. The van der Waals surface area contributed by atoms with Crippen molar-refractivity contribution >= 4 is 5.97 Å². The number of phenolic OH excluding ortho intramolecular Hbond substituents is 2. The lowest BCUT2D eigenvalue weighted by Crippen LogP contribution is -1.99. The van der Waals surface area contributed by atoms with Gasteiger partial charge in [-0.3, -0.25) is 4.79 Å². The van der Waals surface area contributed by atoms with E-state index in [2.05, 4.69) is 0 Å². The lowest BCUT2D eigenvalue weighted by atomic mass is 10.1. The van der Waals surface area contributed by atoms with Gasteiger partial charge in [-0.05, 0) is 30.0 Å². The van der Waals surface area contributed by atoms with Crippen molar-refractivity contribution in [2.45, 2.75) is 12.3 Å². The van der Waals surface area contributed by atoms with Crippen LogP contribution in [0.3, 0.4) is 0 Å². The molecule has 1 aliphatic carbocycles. The summed E-state index contributed by atoms with van der Waals surface area (Å²) in [7, 11) is 1.37. The molecule has 0 unspecified atom stereocenters. The van der Waals surface area contributed by atoms with Crippen molar-refractivity contribution in [3.05, 3.63) is 17.7 Å². The van der Waals surface area contributed by atoms with Crippen LogP contribution in [-0.2, 0) is 4.79 Å². The van der Waals surface area contributed by atoms with Crippen LogP contribution in [0.15, 0.2) is 12.1 Å². The van der Waals surface area contributed by atoms with E-state index in [0.717, 1.165) is 0 Å². The number of carboxylic acids is 1. The summed E-state index contributed by atoms with van der Waals surface area (Å²) in [5, 5.41) is 27.6. The molecule has 0 saturated heterocycles. The minimum Gasteiger partial charge on any atom is -0.504 e. The lowest BCUT2D eigenvalue weighted by molar-refractivity contribution is -0.138. The van der Waals surface area contributed by atoms with Crippen molar-refractivity contribution in [1.29, 1.82) is 0 Å². The summed E-state index contributed by atoms with van der Waals surface area (Å²) in [6.07, 6.45) is 0.558. The van der Waals surface area contributed by atoms with Gasteiger partial charge in [0.1, 0.15) is 0 Å². The molecule has 5 heteroatoms. The molecule has 2 atom stereocenters. The summed E-state index contributed by atoms with van der Waals surface area (Å²) < 4.78 is 4.88. The van der Waals surface area contributed by atoms with Gasteiger partial charge in [0.15, 0.2) is 11.5 Å². The summed E-state index contributed by atoms with van der Waals surface area (Å²) >= 11 is 0. The topological polar surface area (TPSA) is 87.0 Å². The molecule has 0 aliphatic heterocycles. The first-order chi connectivity index (χ1) is 7.54. The molecular weight excluding hydrogens is 212 g/mol. The molecule has 0 aromatic heterocycles. The van der Waals surface area contributed by atoms with Crippen LogP contribution in [0.1, 0.15) is 17.9 Å². The van der Waals surface area contributed by atoms with Gasteiger partial charge < -0.3 is 20.1 Å². The van der Waals surface area contributed by atoms with Crippen LogP contribution in [0, 0.1) is 5.92 Å². The molecule has 86 valence electrons. The summed E-state index contributed by atoms with van der Waals surface area (Å²) in [6.45, 7) is 0. The predicted octanol–water partition coefficient (Wildman–Crippen LogP) is 1.29. The summed E-state index contributed by atoms with van der Waals surface area (Å²) in [6, 6.07) is 2.94. The van der Waals surface area contributed by atoms with Crippen LogP contribution in [0.25, 0.3) is 0 Å². The van der Waals surface area contributed by atoms with Crippen molar-refractivity contribution in [2.24, 2.45) is 5.92 Å². The average Bonchev–Trinajstić information content (AvgIpc) is 3.01. The maximum absolute atomic E-state index is 10.7. The Kier molecular flexibility index (Phi) is 2.38. The van der Waals surface area contributed by atoms with Gasteiger partial charge in [0.25, 0.3) is 0 Å². The zero-order valence-corrected chi connectivity index (χ0v) is 8.67. The fraction of sp³-hybridized carbons (Fsp3) is 0.364. The second-order valence-corrected chi connectivity index (χ2v) is 3.88. The Labute approximate surface area is 91.9 Å². The molecule has 1 aromatic rings. The third-order valence-corrected chi connectivity index (χ3v) is 2.83. The van der Waals surface area contributed by atoms with E-state index in [1.54, 1.807) is 6.07 Å². The number of carbonyl (C=O) groups is 1. The number of hydrogen-bond acceptors (Lipinski definition) is 4. The van der Waals surface area contributed by atoms with Crippen LogP contribution in [0.4, 0.5) is 0 Å². The molecule has 16 heavy (non-hydrogen) atoms. The molecule has 1 aliphatic rings. The van der Waals surface area contributed by atoms with E-state index in [-0.39, 0.29) is 23.2 Å². The largest absolute Gasteiger partial charge is 0.504 e. The molecule has 0 bridgehead atoms. The molecule has 1 aromatic carbocycles. The first-order valence-corrected chi connectivity index (χ1v) is 4.87. The van der Waals surface area contributed by atoms with E-state index in [1.165, 1.54) is 13.2 Å². The second kappa shape index (κ2) is 3.59. The molecule has 3 N–H and O–H groups in total. The van der Waals surface area contributed by atoms with E-state index in [0.29, 0.717) is 12.0 Å². The fourth-order valence-corrected chi connectivity index (χ4v) is 1.82. The van der Waals surface area contributed by atoms with Crippen molar-refractivity contribution in [2.75, 3.05) is 7.11 Å². The molecule has 1 fully saturated rings. The molecule has 1 saturated carbocycles. The van der Waals surface area contributed by atoms with E-state index >= 15 is 0 Å². The van der Waals surface area contributed by atoms with Gasteiger partial charge in [-0.1, -0.05) is 0 Å². The number of aromatic hydroxyl groups is 2. The molecule has 0 spiro atoms. The quantitative estimate of drug-likeness (QED) is 0.673. The third kappa shape index (κ3) is 1.64. The minimum atomic E-state index is -0.837. The maximum Gasteiger partial charge on any atom is 0.307 e. The van der Waals surface area contributed by atoms with Crippen LogP contribution < -0.4 is 4.74 Å². The predicted molar refractivity (Wildman–Crippen MR) is 54.8 cm³/mol. The van der Waals surface area contributed by atoms with Crippen LogP contribution in [0.2, 0.25) is 0 Å². The SMILES string of the molecule is COc1cc([C@@H]2C[C@H]2C(=O)O)cc(O)c1O. The normalized spacial score (nSPS) is 22.8. The van der Waals surface area contributed by atoms with Crippen molar-refractivity contribution in [1.82, 2.24) is 0 Å².